The topological polar surface area (TPSA) is 80.5 Å². The van der Waals surface area contributed by atoms with E-state index in [4.69, 9.17) is 23.9 Å². The van der Waals surface area contributed by atoms with Crippen molar-refractivity contribution in [2.24, 2.45) is 20.9 Å². The van der Waals surface area contributed by atoms with Gasteiger partial charge in [-0.05, 0) is 28.8 Å². The lowest BCUT2D eigenvalue weighted by Gasteiger charge is -2.35. The summed E-state index contributed by atoms with van der Waals surface area (Å²) in [6.07, 6.45) is 9.99. The van der Waals surface area contributed by atoms with Crippen molar-refractivity contribution in [1.82, 2.24) is 9.80 Å². The number of methoxy groups -OCH3 is 1. The molecule has 32 heavy (non-hydrogen) atoms. The summed E-state index contributed by atoms with van der Waals surface area (Å²) >= 11 is 3.46. The van der Waals surface area contributed by atoms with Gasteiger partial charge < -0.3 is 28.7 Å². The Morgan fingerprint density at radius 2 is 2.09 bits per heavy atom. The van der Waals surface area contributed by atoms with Gasteiger partial charge in [-0.3, -0.25) is 9.98 Å². The van der Waals surface area contributed by atoms with Crippen molar-refractivity contribution in [2.45, 2.75) is 19.3 Å². The maximum absolute atomic E-state index is 5.89. The first-order valence-electron chi connectivity index (χ1n) is 10.8. The molecule has 0 saturated carbocycles. The summed E-state index contributed by atoms with van der Waals surface area (Å²) in [5.74, 6) is 3.21. The lowest BCUT2D eigenvalue weighted by molar-refractivity contribution is 0.0929. The summed E-state index contributed by atoms with van der Waals surface area (Å²) < 4.78 is 23.8. The lowest BCUT2D eigenvalue weighted by atomic mass is 9.98. The molecule has 4 aliphatic heterocycles. The van der Waals surface area contributed by atoms with Gasteiger partial charge in [-0.1, -0.05) is 0 Å². The number of hydrogen-bond donors (Lipinski definition) is 0. The molecule has 2 bridgehead atoms. The van der Waals surface area contributed by atoms with E-state index in [2.05, 4.69) is 48.1 Å². The number of rotatable bonds is 1. The molecule has 5 rings (SSSR count). The van der Waals surface area contributed by atoms with Crippen LogP contribution < -0.4 is 0 Å². The molecule has 170 valence electrons. The molecule has 5 aliphatic rings. The zero-order chi connectivity index (χ0) is 21.9. The molecule has 0 aromatic rings. The zero-order valence-electron chi connectivity index (χ0n) is 18.0. The van der Waals surface area contributed by atoms with Crippen molar-refractivity contribution >= 4 is 32.6 Å². The molecule has 0 amide bonds. The van der Waals surface area contributed by atoms with Gasteiger partial charge in [0, 0.05) is 62.8 Å². The minimum Gasteiger partial charge on any atom is -0.497 e. The van der Waals surface area contributed by atoms with Crippen LogP contribution >= 0.6 is 15.9 Å². The third-order valence-electron chi connectivity index (χ3n) is 5.85. The second-order valence-corrected chi connectivity index (χ2v) is 8.77. The molecule has 1 aliphatic carbocycles. The van der Waals surface area contributed by atoms with Crippen LogP contribution in [-0.2, 0) is 18.9 Å². The molecule has 0 radical (unpaired) electrons. The summed E-state index contributed by atoms with van der Waals surface area (Å²) in [6, 6.07) is 0. The van der Waals surface area contributed by atoms with E-state index < -0.39 is 0 Å². The van der Waals surface area contributed by atoms with E-state index in [0.29, 0.717) is 48.1 Å². The Bertz CT molecular complexity index is 981. The molecule has 0 spiro atoms. The number of hydrogen-bond acceptors (Lipinski definition) is 9. The van der Waals surface area contributed by atoms with Crippen LogP contribution in [0.3, 0.4) is 0 Å². The fraction of sp³-hybridized carbons (Fsp3) is 0.500. The molecule has 2 saturated heterocycles. The maximum Gasteiger partial charge on any atom is 0.231 e. The fourth-order valence-electron chi connectivity index (χ4n) is 4.27. The summed E-state index contributed by atoms with van der Waals surface area (Å²) in [7, 11) is 1.64. The largest absolute Gasteiger partial charge is 0.497 e. The highest BCUT2D eigenvalue weighted by atomic mass is 79.9. The molecule has 10 heteroatoms. The number of ether oxygens (including phenoxy) is 4. The molecule has 4 heterocycles. The van der Waals surface area contributed by atoms with Gasteiger partial charge in [0.05, 0.1) is 20.0 Å². The molecule has 0 aromatic heterocycles. The first-order valence-corrected chi connectivity index (χ1v) is 11.6. The predicted molar refractivity (Wildman–Crippen MR) is 124 cm³/mol. The molecule has 0 N–H and O–H groups in total. The van der Waals surface area contributed by atoms with Gasteiger partial charge >= 0.3 is 0 Å². The summed E-state index contributed by atoms with van der Waals surface area (Å²) in [5.41, 5.74) is 1.65. The first-order chi connectivity index (χ1) is 15.7. The standard InChI is InChI=1S/C22H26BrN5O4/c1-29-17-9-16-10-24-11-18(23)25-4-2-7-30-8-3-15-12-27-5-6-28(13-27)22(15)26-19(16)21-20(17)31-14-32-21/h5-6,10-11,15H,2-4,7-9,12-14H2,1H3/b16-10-,24-11?,25-18?,26-22?. The van der Waals surface area contributed by atoms with Crippen LogP contribution in [0.2, 0.25) is 0 Å². The minimum absolute atomic E-state index is 0.148. The normalized spacial score (nSPS) is 27.6. The molecular formula is C22H26BrN5O4. The fourth-order valence-corrected chi connectivity index (χ4v) is 4.57. The van der Waals surface area contributed by atoms with Gasteiger partial charge in [0.1, 0.15) is 21.9 Å². The SMILES string of the molecule is COC1=C2OCOC2=C2N=C3C(CCOCCCN=C(Br)C=N/C=C\2C1)CN1C=CN3C1. The van der Waals surface area contributed by atoms with Gasteiger partial charge in [0.25, 0.3) is 0 Å². The molecule has 9 nitrogen and oxygen atoms in total. The van der Waals surface area contributed by atoms with E-state index in [9.17, 15) is 0 Å². The monoisotopic (exact) mass is 503 g/mol. The predicted octanol–water partition coefficient (Wildman–Crippen LogP) is 3.10. The average Bonchev–Trinajstić information content (AvgIpc) is 3.43. The summed E-state index contributed by atoms with van der Waals surface area (Å²) in [4.78, 5) is 18.6. The van der Waals surface area contributed by atoms with Gasteiger partial charge in [0.2, 0.25) is 12.6 Å². The highest BCUT2D eigenvalue weighted by Crippen LogP contribution is 2.40. The van der Waals surface area contributed by atoms with Gasteiger partial charge in [-0.25, -0.2) is 4.99 Å². The highest BCUT2D eigenvalue weighted by Gasteiger charge is 2.37. The van der Waals surface area contributed by atoms with Crippen LogP contribution in [0.5, 0.6) is 0 Å². The van der Waals surface area contributed by atoms with E-state index in [1.165, 1.54) is 0 Å². The van der Waals surface area contributed by atoms with Gasteiger partial charge in [-0.2, -0.15) is 0 Å². The zero-order valence-corrected chi connectivity index (χ0v) is 19.6. The Balaban J connectivity index is 1.59. The van der Waals surface area contributed by atoms with Crippen LogP contribution in [-0.4, -0.2) is 73.3 Å². The van der Waals surface area contributed by atoms with E-state index >= 15 is 0 Å². The first kappa shape index (κ1) is 21.3. The molecule has 1 atom stereocenters. The Morgan fingerprint density at radius 3 is 3.00 bits per heavy atom. The lowest BCUT2D eigenvalue weighted by Crippen LogP contribution is -2.45. The van der Waals surface area contributed by atoms with Crippen molar-refractivity contribution in [1.29, 1.82) is 0 Å². The van der Waals surface area contributed by atoms with E-state index in [0.717, 1.165) is 43.2 Å². The van der Waals surface area contributed by atoms with E-state index in [1.54, 1.807) is 19.5 Å². The minimum atomic E-state index is 0.148. The van der Waals surface area contributed by atoms with Crippen molar-refractivity contribution < 1.29 is 18.9 Å². The molecule has 2 fully saturated rings. The molecular weight excluding hydrogens is 478 g/mol. The quantitative estimate of drug-likeness (QED) is 0.546. The van der Waals surface area contributed by atoms with Crippen molar-refractivity contribution in [3.63, 3.8) is 0 Å². The van der Waals surface area contributed by atoms with E-state index in [1.807, 2.05) is 0 Å². The smallest absolute Gasteiger partial charge is 0.231 e. The van der Waals surface area contributed by atoms with Gasteiger partial charge in [-0.15, -0.1) is 0 Å². The van der Waals surface area contributed by atoms with Gasteiger partial charge in [0.15, 0.2) is 5.76 Å². The van der Waals surface area contributed by atoms with Crippen LogP contribution in [0, 0.1) is 5.92 Å². The van der Waals surface area contributed by atoms with Crippen molar-refractivity contribution in [2.75, 3.05) is 46.9 Å². The van der Waals surface area contributed by atoms with Crippen LogP contribution in [0.15, 0.2) is 62.1 Å². The summed E-state index contributed by atoms with van der Waals surface area (Å²) in [6.45, 7) is 3.92. The highest BCUT2D eigenvalue weighted by molar-refractivity contribution is 9.19. The van der Waals surface area contributed by atoms with Crippen LogP contribution in [0.4, 0.5) is 0 Å². The number of halogens is 1. The van der Waals surface area contributed by atoms with E-state index in [-0.39, 0.29) is 12.7 Å². The number of fused-ring (bicyclic) bond motifs is 6. The Kier molecular flexibility index (Phi) is 6.31. The Labute approximate surface area is 195 Å². The number of amidine groups is 1. The van der Waals surface area contributed by atoms with Crippen molar-refractivity contribution in [3.8, 4) is 0 Å². The number of allylic oxidation sites excluding steroid dienone is 2. The third kappa shape index (κ3) is 4.33. The van der Waals surface area contributed by atoms with Crippen LogP contribution in [0.1, 0.15) is 19.3 Å². The third-order valence-corrected chi connectivity index (χ3v) is 6.30. The second-order valence-electron chi connectivity index (χ2n) is 7.96. The second kappa shape index (κ2) is 9.50. The molecule has 0 aromatic carbocycles. The van der Waals surface area contributed by atoms with Crippen LogP contribution in [0.25, 0.3) is 0 Å². The van der Waals surface area contributed by atoms with Crippen molar-refractivity contribution in [3.05, 3.63) is 47.1 Å². The number of aliphatic imine (C=N–C) groups is 3. The Morgan fingerprint density at radius 1 is 1.19 bits per heavy atom. The molecule has 1 unspecified atom stereocenters. The Hall–Kier alpha value is -2.59. The average molecular weight is 504 g/mol. The number of nitrogens with zero attached hydrogens (tertiary/aromatic N) is 5. The maximum atomic E-state index is 5.89. The summed E-state index contributed by atoms with van der Waals surface area (Å²) in [5, 5.41) is 0.